The van der Waals surface area contributed by atoms with Crippen molar-refractivity contribution in [3.63, 3.8) is 0 Å². The molecule has 1 aliphatic carbocycles. The predicted molar refractivity (Wildman–Crippen MR) is 79.9 cm³/mol. The van der Waals surface area contributed by atoms with Crippen molar-refractivity contribution >= 4 is 11.6 Å². The molecule has 0 aliphatic heterocycles. The number of hydrogen-bond acceptors (Lipinski definition) is 2. The van der Waals surface area contributed by atoms with Gasteiger partial charge in [0.25, 0.3) is 0 Å². The summed E-state index contributed by atoms with van der Waals surface area (Å²) in [4.78, 5) is 4.53. The Morgan fingerprint density at radius 1 is 1.32 bits per heavy atom. The Morgan fingerprint density at radius 2 is 1.95 bits per heavy atom. The van der Waals surface area contributed by atoms with Gasteiger partial charge in [0, 0.05) is 11.3 Å². The van der Waals surface area contributed by atoms with Crippen molar-refractivity contribution in [2.24, 2.45) is 5.41 Å². The summed E-state index contributed by atoms with van der Waals surface area (Å²) in [5, 5.41) is 0. The van der Waals surface area contributed by atoms with Gasteiger partial charge in [-0.15, -0.1) is 11.6 Å². The van der Waals surface area contributed by atoms with Gasteiger partial charge in [-0.2, -0.15) is 0 Å². The lowest BCUT2D eigenvalue weighted by molar-refractivity contribution is 0.0940. The molecule has 1 saturated carbocycles. The van der Waals surface area contributed by atoms with Gasteiger partial charge in [-0.25, -0.2) is 4.98 Å². The first-order valence-corrected chi connectivity index (χ1v) is 7.64. The van der Waals surface area contributed by atoms with Crippen LogP contribution in [0.2, 0.25) is 0 Å². The molecule has 2 nitrogen and oxygen atoms in total. The Bertz CT molecular complexity index is 446. The third-order valence-electron chi connectivity index (χ3n) is 4.14. The molecule has 1 heterocycles. The molecule has 0 spiro atoms. The molecule has 19 heavy (non-hydrogen) atoms. The van der Waals surface area contributed by atoms with Crippen molar-refractivity contribution in [2.45, 2.75) is 65.4 Å². The van der Waals surface area contributed by atoms with E-state index in [2.05, 4.69) is 31.8 Å². The maximum absolute atomic E-state index is 6.14. The molecule has 0 bridgehead atoms. The third-order valence-corrected chi connectivity index (χ3v) is 4.40. The second-order valence-electron chi connectivity index (χ2n) is 6.48. The van der Waals surface area contributed by atoms with Crippen LogP contribution in [0.4, 0.5) is 0 Å². The molecule has 1 aromatic rings. The van der Waals surface area contributed by atoms with Crippen LogP contribution in [0.25, 0.3) is 0 Å². The van der Waals surface area contributed by atoms with Gasteiger partial charge in [0.15, 0.2) is 0 Å². The highest BCUT2D eigenvalue weighted by Gasteiger charge is 2.28. The van der Waals surface area contributed by atoms with Crippen LogP contribution in [-0.2, 0) is 5.88 Å². The van der Waals surface area contributed by atoms with Crippen LogP contribution >= 0.6 is 11.6 Å². The molecule has 0 N–H and O–H groups in total. The van der Waals surface area contributed by atoms with Crippen LogP contribution < -0.4 is 4.74 Å². The topological polar surface area (TPSA) is 22.1 Å². The van der Waals surface area contributed by atoms with Crippen molar-refractivity contribution in [1.29, 1.82) is 0 Å². The van der Waals surface area contributed by atoms with Crippen LogP contribution in [0, 0.1) is 19.3 Å². The van der Waals surface area contributed by atoms with Crippen molar-refractivity contribution in [2.75, 3.05) is 0 Å². The molecule has 0 aromatic carbocycles. The second kappa shape index (κ2) is 5.70. The van der Waals surface area contributed by atoms with E-state index in [9.17, 15) is 0 Å². The lowest BCUT2D eigenvalue weighted by atomic mass is 9.76. The molecule has 0 radical (unpaired) electrons. The number of rotatable bonds is 3. The number of aromatic nitrogens is 1. The van der Waals surface area contributed by atoms with E-state index in [0.29, 0.717) is 17.4 Å². The zero-order valence-electron chi connectivity index (χ0n) is 12.4. The Labute approximate surface area is 121 Å². The summed E-state index contributed by atoms with van der Waals surface area (Å²) in [6.45, 7) is 8.75. The van der Waals surface area contributed by atoms with Crippen LogP contribution in [0.3, 0.4) is 0 Å². The summed E-state index contributed by atoms with van der Waals surface area (Å²) in [6.07, 6.45) is 4.97. The van der Waals surface area contributed by atoms with Crippen LogP contribution in [0.15, 0.2) is 6.07 Å². The Hall–Kier alpha value is -0.760. The van der Waals surface area contributed by atoms with Gasteiger partial charge in [-0.3, -0.25) is 0 Å². The molecule has 106 valence electrons. The molecule has 0 unspecified atom stereocenters. The number of aryl methyl sites for hydroxylation is 2. The lowest BCUT2D eigenvalue weighted by Crippen LogP contribution is -2.29. The van der Waals surface area contributed by atoms with Crippen LogP contribution in [0.5, 0.6) is 5.88 Å². The Kier molecular flexibility index (Phi) is 4.39. The van der Waals surface area contributed by atoms with E-state index >= 15 is 0 Å². The monoisotopic (exact) mass is 281 g/mol. The van der Waals surface area contributed by atoms with Gasteiger partial charge in [0.2, 0.25) is 5.88 Å². The number of ether oxygens (including phenoxy) is 1. The summed E-state index contributed by atoms with van der Waals surface area (Å²) >= 11 is 6.03. The van der Waals surface area contributed by atoms with E-state index in [0.717, 1.165) is 30.0 Å². The molecule has 0 atom stereocenters. The molecule has 3 heteroatoms. The first-order valence-electron chi connectivity index (χ1n) is 7.11. The summed E-state index contributed by atoms with van der Waals surface area (Å²) < 4.78 is 6.14. The maximum Gasteiger partial charge on any atom is 0.218 e. The number of halogens is 1. The first-order chi connectivity index (χ1) is 8.91. The zero-order valence-corrected chi connectivity index (χ0v) is 13.2. The number of nitrogens with zero attached hydrogens (tertiary/aromatic N) is 1. The minimum atomic E-state index is 0.295. The highest BCUT2D eigenvalue weighted by molar-refractivity contribution is 6.17. The average Bonchev–Trinajstić information content (AvgIpc) is 2.31. The van der Waals surface area contributed by atoms with Gasteiger partial charge >= 0.3 is 0 Å². The standard InChI is InChI=1S/C16H24ClNO/c1-11-9-12(2)18-15(14(11)10-17)19-13-5-7-16(3,4)8-6-13/h9,13H,5-8,10H2,1-4H3. The quantitative estimate of drug-likeness (QED) is 0.744. The van der Waals surface area contributed by atoms with E-state index in [4.69, 9.17) is 16.3 Å². The summed E-state index contributed by atoms with van der Waals surface area (Å²) in [7, 11) is 0. The number of alkyl halides is 1. The second-order valence-corrected chi connectivity index (χ2v) is 6.75. The van der Waals surface area contributed by atoms with Crippen molar-refractivity contribution in [3.8, 4) is 5.88 Å². The third kappa shape index (κ3) is 3.62. The average molecular weight is 282 g/mol. The van der Waals surface area contributed by atoms with Crippen molar-refractivity contribution in [1.82, 2.24) is 4.98 Å². The van der Waals surface area contributed by atoms with Crippen molar-refractivity contribution in [3.05, 3.63) is 22.9 Å². The van der Waals surface area contributed by atoms with Gasteiger partial charge in [-0.05, 0) is 56.6 Å². The smallest absolute Gasteiger partial charge is 0.218 e. The molecular formula is C16H24ClNO. The minimum absolute atomic E-state index is 0.295. The Morgan fingerprint density at radius 3 is 2.53 bits per heavy atom. The van der Waals surface area contributed by atoms with E-state index in [1.54, 1.807) is 0 Å². The van der Waals surface area contributed by atoms with Gasteiger partial charge in [0.05, 0.1) is 5.88 Å². The molecule has 1 aliphatic rings. The molecule has 0 amide bonds. The fourth-order valence-electron chi connectivity index (χ4n) is 2.74. The molecule has 1 aromatic heterocycles. The van der Waals surface area contributed by atoms with E-state index < -0.39 is 0 Å². The number of hydrogen-bond donors (Lipinski definition) is 0. The molecular weight excluding hydrogens is 258 g/mol. The van der Waals surface area contributed by atoms with Crippen LogP contribution in [-0.4, -0.2) is 11.1 Å². The predicted octanol–water partition coefficient (Wildman–Crippen LogP) is 4.78. The van der Waals surface area contributed by atoms with E-state index in [1.165, 1.54) is 18.4 Å². The van der Waals surface area contributed by atoms with E-state index in [1.807, 2.05) is 6.92 Å². The highest BCUT2D eigenvalue weighted by Crippen LogP contribution is 2.37. The van der Waals surface area contributed by atoms with Gasteiger partial charge in [-0.1, -0.05) is 13.8 Å². The minimum Gasteiger partial charge on any atom is -0.474 e. The van der Waals surface area contributed by atoms with Crippen molar-refractivity contribution < 1.29 is 4.74 Å². The van der Waals surface area contributed by atoms with Gasteiger partial charge < -0.3 is 4.74 Å². The molecule has 0 saturated heterocycles. The fourth-order valence-corrected chi connectivity index (χ4v) is 3.06. The van der Waals surface area contributed by atoms with Crippen LogP contribution in [0.1, 0.15) is 56.4 Å². The first kappa shape index (κ1) is 14.6. The summed E-state index contributed by atoms with van der Waals surface area (Å²) in [6, 6.07) is 2.06. The normalized spacial score (nSPS) is 19.4. The summed E-state index contributed by atoms with van der Waals surface area (Å²) in [5.74, 6) is 1.21. The SMILES string of the molecule is Cc1cc(C)c(CCl)c(OC2CCC(C)(C)CC2)n1. The lowest BCUT2D eigenvalue weighted by Gasteiger charge is -2.34. The number of pyridine rings is 1. The van der Waals surface area contributed by atoms with E-state index in [-0.39, 0.29) is 0 Å². The molecule has 1 fully saturated rings. The highest BCUT2D eigenvalue weighted by atomic mass is 35.5. The fraction of sp³-hybridized carbons (Fsp3) is 0.688. The molecule has 2 rings (SSSR count). The van der Waals surface area contributed by atoms with Gasteiger partial charge in [0.1, 0.15) is 6.10 Å². The largest absolute Gasteiger partial charge is 0.474 e. The zero-order chi connectivity index (χ0) is 14.0. The maximum atomic E-state index is 6.14. The summed E-state index contributed by atoms with van der Waals surface area (Å²) in [5.41, 5.74) is 3.67. The Balaban J connectivity index is 2.11.